The van der Waals surface area contributed by atoms with E-state index in [0.717, 1.165) is 12.1 Å². The summed E-state index contributed by atoms with van der Waals surface area (Å²) in [5.74, 6) is 0. The molecule has 0 saturated carbocycles. The maximum atomic E-state index is 11.0. The molecule has 1 unspecified atom stereocenters. The highest BCUT2D eigenvalue weighted by Crippen LogP contribution is 2.39. The minimum atomic E-state index is -0.332. The highest BCUT2D eigenvalue weighted by Gasteiger charge is 2.27. The Kier molecular flexibility index (Phi) is 3.68. The number of halogens is 1. The zero-order chi connectivity index (χ0) is 15.0. The van der Waals surface area contributed by atoms with Crippen molar-refractivity contribution in [3.63, 3.8) is 0 Å². The molecule has 0 saturated heterocycles. The molecule has 108 valence electrons. The van der Waals surface area contributed by atoms with Gasteiger partial charge in [0.25, 0.3) is 5.69 Å². The SMILES string of the molecule is CC1Cc2ccccc2N1c1ccc([N+](=O)[O-])c(CBr)c1. The average Bonchev–Trinajstić information content (AvgIpc) is 2.82. The van der Waals surface area contributed by atoms with Crippen molar-refractivity contribution < 1.29 is 4.92 Å². The minimum Gasteiger partial charge on any atom is -0.338 e. The summed E-state index contributed by atoms with van der Waals surface area (Å²) >= 11 is 3.34. The Morgan fingerprint density at radius 2 is 2.10 bits per heavy atom. The molecular formula is C16H15BrN2O2. The molecule has 0 bridgehead atoms. The van der Waals surface area contributed by atoms with Crippen molar-refractivity contribution in [3.05, 3.63) is 63.7 Å². The van der Waals surface area contributed by atoms with Crippen LogP contribution in [0.25, 0.3) is 0 Å². The molecule has 1 aliphatic rings. The molecule has 2 aromatic rings. The molecule has 1 heterocycles. The van der Waals surface area contributed by atoms with E-state index < -0.39 is 0 Å². The Balaban J connectivity index is 2.07. The summed E-state index contributed by atoms with van der Waals surface area (Å²) in [4.78, 5) is 13.0. The van der Waals surface area contributed by atoms with Crippen molar-refractivity contribution in [1.82, 2.24) is 0 Å². The zero-order valence-corrected chi connectivity index (χ0v) is 13.2. The fourth-order valence-corrected chi connectivity index (χ4v) is 3.42. The van der Waals surface area contributed by atoms with E-state index in [2.05, 4.69) is 46.0 Å². The fraction of sp³-hybridized carbons (Fsp3) is 0.250. The largest absolute Gasteiger partial charge is 0.338 e. The van der Waals surface area contributed by atoms with Crippen molar-refractivity contribution in [2.75, 3.05) is 4.90 Å². The van der Waals surface area contributed by atoms with Gasteiger partial charge >= 0.3 is 0 Å². The lowest BCUT2D eigenvalue weighted by molar-refractivity contribution is -0.385. The first-order valence-electron chi connectivity index (χ1n) is 6.82. The van der Waals surface area contributed by atoms with Gasteiger partial charge in [0.05, 0.1) is 4.92 Å². The number of hydrogen-bond acceptors (Lipinski definition) is 3. The van der Waals surface area contributed by atoms with E-state index in [-0.39, 0.29) is 10.6 Å². The van der Waals surface area contributed by atoms with Crippen molar-refractivity contribution in [2.45, 2.75) is 24.7 Å². The summed E-state index contributed by atoms with van der Waals surface area (Å²) < 4.78 is 0. The highest BCUT2D eigenvalue weighted by molar-refractivity contribution is 9.08. The molecule has 0 aliphatic carbocycles. The third-order valence-electron chi connectivity index (χ3n) is 3.89. The van der Waals surface area contributed by atoms with E-state index >= 15 is 0 Å². The Labute approximate surface area is 131 Å². The number of fused-ring (bicyclic) bond motifs is 1. The third-order valence-corrected chi connectivity index (χ3v) is 4.49. The van der Waals surface area contributed by atoms with Crippen LogP contribution in [0.4, 0.5) is 17.1 Å². The molecule has 1 aliphatic heterocycles. The van der Waals surface area contributed by atoms with Crippen LogP contribution in [0.2, 0.25) is 0 Å². The first kappa shape index (κ1) is 14.1. The Hall–Kier alpha value is -1.88. The van der Waals surface area contributed by atoms with Crippen LogP contribution < -0.4 is 4.90 Å². The van der Waals surface area contributed by atoms with Gasteiger partial charge in [-0.3, -0.25) is 10.1 Å². The molecule has 0 N–H and O–H groups in total. The molecule has 21 heavy (non-hydrogen) atoms. The molecule has 0 spiro atoms. The van der Waals surface area contributed by atoms with Gasteiger partial charge in [0.1, 0.15) is 0 Å². The molecule has 4 nitrogen and oxygen atoms in total. The number of anilines is 2. The second-order valence-electron chi connectivity index (χ2n) is 5.26. The van der Waals surface area contributed by atoms with Crippen LogP contribution in [0.3, 0.4) is 0 Å². The van der Waals surface area contributed by atoms with E-state index in [9.17, 15) is 10.1 Å². The van der Waals surface area contributed by atoms with Gasteiger partial charge in [-0.15, -0.1) is 0 Å². The number of benzene rings is 2. The predicted molar refractivity (Wildman–Crippen MR) is 87.5 cm³/mol. The maximum absolute atomic E-state index is 11.0. The van der Waals surface area contributed by atoms with Gasteiger partial charge in [0.2, 0.25) is 0 Å². The zero-order valence-electron chi connectivity index (χ0n) is 11.6. The van der Waals surface area contributed by atoms with Gasteiger partial charge in [-0.05, 0) is 37.1 Å². The quantitative estimate of drug-likeness (QED) is 0.464. The van der Waals surface area contributed by atoms with Crippen molar-refractivity contribution >= 4 is 33.0 Å². The second kappa shape index (κ2) is 5.48. The van der Waals surface area contributed by atoms with Gasteiger partial charge in [0.15, 0.2) is 0 Å². The number of nitro benzene ring substituents is 1. The van der Waals surface area contributed by atoms with Crippen molar-refractivity contribution in [2.24, 2.45) is 0 Å². The number of para-hydroxylation sites is 1. The first-order chi connectivity index (χ1) is 10.1. The number of nitro groups is 1. The normalized spacial score (nSPS) is 16.9. The maximum Gasteiger partial charge on any atom is 0.273 e. The fourth-order valence-electron chi connectivity index (χ4n) is 2.97. The van der Waals surface area contributed by atoms with Crippen LogP contribution >= 0.6 is 15.9 Å². The van der Waals surface area contributed by atoms with Crippen LogP contribution in [0, 0.1) is 10.1 Å². The van der Waals surface area contributed by atoms with Crippen molar-refractivity contribution in [3.8, 4) is 0 Å². The van der Waals surface area contributed by atoms with E-state index in [1.165, 1.54) is 11.3 Å². The van der Waals surface area contributed by atoms with Gasteiger partial charge < -0.3 is 4.90 Å². The van der Waals surface area contributed by atoms with Crippen LogP contribution in [-0.4, -0.2) is 11.0 Å². The standard InChI is InChI=1S/C16H15BrN2O2/c1-11-8-12-4-2-3-5-15(12)18(11)14-6-7-16(19(20)21)13(9-14)10-17/h2-7,9,11H,8,10H2,1H3. The molecule has 3 rings (SSSR count). The van der Waals surface area contributed by atoms with E-state index in [0.29, 0.717) is 16.9 Å². The monoisotopic (exact) mass is 346 g/mol. The lowest BCUT2D eigenvalue weighted by Crippen LogP contribution is -2.23. The van der Waals surface area contributed by atoms with Crippen LogP contribution in [-0.2, 0) is 11.8 Å². The summed E-state index contributed by atoms with van der Waals surface area (Å²) in [6, 6.07) is 14.0. The molecule has 0 aromatic heterocycles. The minimum absolute atomic E-state index is 0.163. The number of rotatable bonds is 3. The van der Waals surface area contributed by atoms with Gasteiger partial charge in [-0.1, -0.05) is 34.1 Å². The number of hydrogen-bond donors (Lipinski definition) is 0. The van der Waals surface area contributed by atoms with Crippen LogP contribution in [0.1, 0.15) is 18.1 Å². The summed E-state index contributed by atoms with van der Waals surface area (Å²) in [5, 5.41) is 11.5. The van der Waals surface area contributed by atoms with Gasteiger partial charge in [0, 0.05) is 34.4 Å². The Morgan fingerprint density at radius 1 is 1.33 bits per heavy atom. The molecule has 5 heteroatoms. The lowest BCUT2D eigenvalue weighted by Gasteiger charge is -2.25. The van der Waals surface area contributed by atoms with E-state index in [4.69, 9.17) is 0 Å². The number of nitrogens with zero attached hydrogens (tertiary/aromatic N) is 2. The first-order valence-corrected chi connectivity index (χ1v) is 7.94. The van der Waals surface area contributed by atoms with Crippen LogP contribution in [0.5, 0.6) is 0 Å². The number of alkyl halides is 1. The smallest absolute Gasteiger partial charge is 0.273 e. The second-order valence-corrected chi connectivity index (χ2v) is 5.82. The highest BCUT2D eigenvalue weighted by atomic mass is 79.9. The van der Waals surface area contributed by atoms with Crippen LogP contribution in [0.15, 0.2) is 42.5 Å². The van der Waals surface area contributed by atoms with E-state index in [1.54, 1.807) is 6.07 Å². The third kappa shape index (κ3) is 2.42. The molecule has 0 amide bonds. The van der Waals surface area contributed by atoms with Gasteiger partial charge in [-0.2, -0.15) is 0 Å². The summed E-state index contributed by atoms with van der Waals surface area (Å²) in [6.45, 7) is 2.18. The summed E-state index contributed by atoms with van der Waals surface area (Å²) in [7, 11) is 0. The summed E-state index contributed by atoms with van der Waals surface area (Å²) in [6.07, 6.45) is 0.997. The predicted octanol–water partition coefficient (Wildman–Crippen LogP) is 4.57. The Bertz CT molecular complexity index is 702. The average molecular weight is 347 g/mol. The molecule has 1 atom stereocenters. The molecule has 0 fully saturated rings. The van der Waals surface area contributed by atoms with Crippen molar-refractivity contribution in [1.29, 1.82) is 0 Å². The lowest BCUT2D eigenvalue weighted by atomic mass is 10.1. The Morgan fingerprint density at radius 3 is 2.81 bits per heavy atom. The van der Waals surface area contributed by atoms with Gasteiger partial charge in [-0.25, -0.2) is 0 Å². The molecular weight excluding hydrogens is 332 g/mol. The van der Waals surface area contributed by atoms with E-state index in [1.807, 2.05) is 18.2 Å². The topological polar surface area (TPSA) is 46.4 Å². The summed E-state index contributed by atoms with van der Waals surface area (Å²) in [5.41, 5.74) is 4.39. The molecule has 0 radical (unpaired) electrons. The molecule has 2 aromatic carbocycles.